The highest BCUT2D eigenvalue weighted by Crippen LogP contribution is 2.53. The minimum atomic E-state index is -0.729. The fourth-order valence-corrected chi connectivity index (χ4v) is 5.88. The zero-order chi connectivity index (χ0) is 27.9. The van der Waals surface area contributed by atoms with Gasteiger partial charge in [0.2, 0.25) is 0 Å². The van der Waals surface area contributed by atoms with Crippen LogP contribution < -0.4 is 14.4 Å². The number of ether oxygens (including phenoxy) is 2. The predicted molar refractivity (Wildman–Crippen MR) is 158 cm³/mol. The lowest BCUT2D eigenvalue weighted by Crippen LogP contribution is -2.45. The molecule has 0 saturated heterocycles. The van der Waals surface area contributed by atoms with E-state index in [-0.39, 0.29) is 22.8 Å². The molecule has 0 fully saturated rings. The third-order valence-electron chi connectivity index (χ3n) is 7.36. The second-order valence-corrected chi connectivity index (χ2v) is 11.5. The maximum absolute atomic E-state index is 14.1. The number of halogens is 1. The van der Waals surface area contributed by atoms with Crippen molar-refractivity contribution in [2.45, 2.75) is 32.6 Å². The topological polar surface area (TPSA) is 82.8 Å². The molecule has 0 amide bonds. The Kier molecular flexibility index (Phi) is 7.12. The average molecular weight is 588 g/mol. The van der Waals surface area contributed by atoms with E-state index in [0.29, 0.717) is 46.6 Å². The summed E-state index contributed by atoms with van der Waals surface area (Å²) in [7, 11) is 3.16. The van der Waals surface area contributed by atoms with Crippen LogP contribution in [0, 0.1) is 10.8 Å². The van der Waals surface area contributed by atoms with E-state index in [1.165, 1.54) is 0 Å². The minimum Gasteiger partial charge on any atom is -0.507 e. The normalized spacial score (nSPS) is 20.0. The Balaban J connectivity index is 1.89. The van der Waals surface area contributed by atoms with Gasteiger partial charge in [-0.3, -0.25) is 15.1 Å². The van der Waals surface area contributed by atoms with Gasteiger partial charge >= 0.3 is 0 Å². The number of aliphatic hydroxyl groups is 1. The molecular formula is C32H31BrN2O4. The molecular weight excluding hydrogens is 556 g/mol. The van der Waals surface area contributed by atoms with Crippen LogP contribution in [0.25, 0.3) is 5.76 Å². The van der Waals surface area contributed by atoms with E-state index in [4.69, 9.17) is 9.47 Å². The maximum Gasteiger partial charge on any atom is 0.162 e. The number of nitrogens with one attached hydrogen (secondary N) is 1. The van der Waals surface area contributed by atoms with Gasteiger partial charge in [0.1, 0.15) is 23.1 Å². The predicted octanol–water partition coefficient (Wildman–Crippen LogP) is 7.66. The first-order valence-corrected chi connectivity index (χ1v) is 13.6. The molecule has 0 radical (unpaired) electrons. The Bertz CT molecular complexity index is 1510. The van der Waals surface area contributed by atoms with Crippen LogP contribution in [0.4, 0.5) is 5.69 Å². The second kappa shape index (κ2) is 10.4. The third kappa shape index (κ3) is 4.87. The first kappa shape index (κ1) is 26.8. The number of hydrogen-bond donors (Lipinski definition) is 2. The lowest BCUT2D eigenvalue weighted by Gasteiger charge is -2.45. The Morgan fingerprint density at radius 2 is 1.69 bits per heavy atom. The van der Waals surface area contributed by atoms with Crippen LogP contribution in [0.1, 0.15) is 43.7 Å². The van der Waals surface area contributed by atoms with Crippen LogP contribution in [0.5, 0.6) is 11.5 Å². The number of hydrogen-bond acceptors (Lipinski definition) is 5. The molecule has 1 atom stereocenters. The molecule has 0 aromatic heterocycles. The number of amidine groups is 1. The van der Waals surface area contributed by atoms with E-state index in [1.54, 1.807) is 38.5 Å². The van der Waals surface area contributed by atoms with Crippen LogP contribution in [-0.2, 0) is 4.79 Å². The fraction of sp³-hybridized carbons (Fsp3) is 0.250. The number of carbonyl (C=O) groups excluding carboxylic acids is 1. The first-order chi connectivity index (χ1) is 18.6. The average Bonchev–Trinajstić information content (AvgIpc) is 2.92. The number of benzene rings is 3. The van der Waals surface area contributed by atoms with E-state index in [2.05, 4.69) is 29.8 Å². The molecule has 2 aliphatic rings. The number of carbonyl (C=O) groups is 1. The van der Waals surface area contributed by atoms with E-state index in [0.717, 1.165) is 15.9 Å². The minimum absolute atomic E-state index is 0.0101. The van der Waals surface area contributed by atoms with Crippen molar-refractivity contribution in [2.75, 3.05) is 19.1 Å². The van der Waals surface area contributed by atoms with E-state index >= 15 is 0 Å². The summed E-state index contributed by atoms with van der Waals surface area (Å²) in [6.45, 7) is 4.15. The lowest BCUT2D eigenvalue weighted by atomic mass is 9.67. The van der Waals surface area contributed by atoms with Crippen molar-refractivity contribution in [3.8, 4) is 11.5 Å². The van der Waals surface area contributed by atoms with Gasteiger partial charge in [-0.15, -0.1) is 0 Å². The van der Waals surface area contributed by atoms with Gasteiger partial charge in [-0.2, -0.15) is 0 Å². The Morgan fingerprint density at radius 1 is 1.00 bits per heavy atom. The molecule has 3 aromatic rings. The molecule has 200 valence electrons. The Morgan fingerprint density at radius 3 is 2.33 bits per heavy atom. The zero-order valence-electron chi connectivity index (χ0n) is 22.4. The van der Waals surface area contributed by atoms with Gasteiger partial charge in [0.05, 0.1) is 20.1 Å². The molecule has 0 saturated carbocycles. The quantitative estimate of drug-likeness (QED) is 0.300. The number of allylic oxidation sites excluding steroid dienone is 2. The van der Waals surface area contributed by atoms with Gasteiger partial charge in [-0.1, -0.05) is 60.1 Å². The molecule has 6 nitrogen and oxygen atoms in total. The van der Waals surface area contributed by atoms with Gasteiger partial charge in [-0.05, 0) is 54.3 Å². The number of aliphatic hydroxyl groups excluding tert-OH is 1. The zero-order valence-corrected chi connectivity index (χ0v) is 24.0. The standard InChI is InChI=1S/C32H31BrN2O4/c1-32(2)17-24-28(25(36)18-32)27(23-16-22(38-3)14-15-26(23)39-4)29(30(37)19-8-6-5-7-9-19)31(34)35(24)21-12-10-20(33)11-13-21/h5-16,27,34,37H,17-18H2,1-4H3/t27-/m1/s1. The Labute approximate surface area is 237 Å². The van der Waals surface area contributed by atoms with Gasteiger partial charge < -0.3 is 14.6 Å². The number of anilines is 1. The van der Waals surface area contributed by atoms with Crippen molar-refractivity contribution in [2.24, 2.45) is 5.41 Å². The highest BCUT2D eigenvalue weighted by molar-refractivity contribution is 9.10. The van der Waals surface area contributed by atoms with Crippen LogP contribution in [0.3, 0.4) is 0 Å². The molecule has 1 aliphatic carbocycles. The van der Waals surface area contributed by atoms with Crippen molar-refractivity contribution in [1.82, 2.24) is 0 Å². The fourth-order valence-electron chi connectivity index (χ4n) is 5.62. The largest absolute Gasteiger partial charge is 0.507 e. The smallest absolute Gasteiger partial charge is 0.162 e. The van der Waals surface area contributed by atoms with E-state index < -0.39 is 5.92 Å². The summed E-state index contributed by atoms with van der Waals surface area (Å²) in [5.41, 5.74) is 3.34. The summed E-state index contributed by atoms with van der Waals surface area (Å²) in [5.74, 6) is 0.460. The molecule has 0 bridgehead atoms. The SMILES string of the molecule is COc1ccc(OC)c([C@H]2C(=C(O)c3ccccc3)C(=N)N(c3ccc(Br)cc3)C3=C2C(=O)CC(C)(C)C3)c1. The van der Waals surface area contributed by atoms with Crippen LogP contribution in [0.15, 0.2) is 94.1 Å². The van der Waals surface area contributed by atoms with Gasteiger partial charge in [0.25, 0.3) is 0 Å². The second-order valence-electron chi connectivity index (χ2n) is 10.6. The van der Waals surface area contributed by atoms with Crippen molar-refractivity contribution in [3.63, 3.8) is 0 Å². The molecule has 1 heterocycles. The molecule has 5 rings (SSSR count). The number of rotatable bonds is 5. The number of ketones is 1. The third-order valence-corrected chi connectivity index (χ3v) is 7.89. The number of Topliss-reactive ketones (excluding diaryl/α,β-unsaturated/α-hetero) is 1. The van der Waals surface area contributed by atoms with Crippen LogP contribution >= 0.6 is 15.9 Å². The summed E-state index contributed by atoms with van der Waals surface area (Å²) < 4.78 is 12.2. The van der Waals surface area contributed by atoms with Crippen molar-refractivity contribution in [1.29, 1.82) is 5.41 Å². The van der Waals surface area contributed by atoms with Crippen molar-refractivity contribution < 1.29 is 19.4 Å². The summed E-state index contributed by atoms with van der Waals surface area (Å²) in [6, 6.07) is 22.2. The monoisotopic (exact) mass is 586 g/mol. The summed E-state index contributed by atoms with van der Waals surface area (Å²) in [4.78, 5) is 15.9. The number of nitrogens with zero attached hydrogens (tertiary/aromatic N) is 1. The van der Waals surface area contributed by atoms with Crippen molar-refractivity contribution in [3.05, 3.63) is 105 Å². The maximum atomic E-state index is 14.1. The van der Waals surface area contributed by atoms with E-state index in [9.17, 15) is 15.3 Å². The van der Waals surface area contributed by atoms with Gasteiger partial charge in [-0.25, -0.2) is 0 Å². The summed E-state index contributed by atoms with van der Waals surface area (Å²) in [6.07, 6.45) is 0.949. The lowest BCUT2D eigenvalue weighted by molar-refractivity contribution is -0.118. The van der Waals surface area contributed by atoms with Gasteiger partial charge in [0.15, 0.2) is 5.78 Å². The number of methoxy groups -OCH3 is 2. The van der Waals surface area contributed by atoms with Crippen LogP contribution in [-0.4, -0.2) is 30.9 Å². The molecule has 39 heavy (non-hydrogen) atoms. The van der Waals surface area contributed by atoms with Gasteiger partial charge in [0, 0.05) is 44.6 Å². The summed E-state index contributed by atoms with van der Waals surface area (Å²) >= 11 is 3.50. The molecule has 1 aliphatic heterocycles. The molecule has 2 N–H and O–H groups in total. The van der Waals surface area contributed by atoms with E-state index in [1.807, 2.05) is 53.4 Å². The highest BCUT2D eigenvalue weighted by Gasteiger charge is 2.47. The van der Waals surface area contributed by atoms with Crippen LogP contribution in [0.2, 0.25) is 0 Å². The molecule has 7 heteroatoms. The molecule has 0 unspecified atom stereocenters. The van der Waals surface area contributed by atoms with Crippen molar-refractivity contribution >= 4 is 39.0 Å². The first-order valence-electron chi connectivity index (χ1n) is 12.8. The molecule has 0 spiro atoms. The Hall–Kier alpha value is -3.84. The summed E-state index contributed by atoms with van der Waals surface area (Å²) in [5, 5.41) is 21.4. The molecule has 3 aromatic carbocycles. The highest BCUT2D eigenvalue weighted by atomic mass is 79.9.